The zero-order valence-electron chi connectivity index (χ0n) is 20.9. The Labute approximate surface area is 217 Å². The van der Waals surface area contributed by atoms with E-state index in [1.165, 1.54) is 22.3 Å². The molecular formula is C29H32Cl2O2SiZr. The average Bonchev–Trinajstić information content (AvgIpc) is 3.36. The van der Waals surface area contributed by atoms with Gasteiger partial charge in [-0.25, -0.2) is 0 Å². The van der Waals surface area contributed by atoms with Gasteiger partial charge >= 0.3 is 219 Å². The molecule has 2 nitrogen and oxygen atoms in total. The molecule has 0 radical (unpaired) electrons. The molecule has 0 saturated heterocycles. The van der Waals surface area contributed by atoms with E-state index in [-0.39, 0.29) is 14.0 Å². The molecule has 0 aliphatic heterocycles. The third-order valence-corrected chi connectivity index (χ3v) is 31.1. The Morgan fingerprint density at radius 1 is 0.771 bits per heavy atom. The molecule has 182 valence electrons. The van der Waals surface area contributed by atoms with Gasteiger partial charge in [0.15, 0.2) is 0 Å². The molecule has 0 saturated carbocycles. The van der Waals surface area contributed by atoms with Crippen LogP contribution in [0.15, 0.2) is 78.9 Å². The Hall–Kier alpha value is -1.29. The summed E-state index contributed by atoms with van der Waals surface area (Å²) in [6, 6.07) is 25.6. The van der Waals surface area contributed by atoms with Crippen LogP contribution in [0.4, 0.5) is 0 Å². The fourth-order valence-electron chi connectivity index (χ4n) is 5.66. The summed E-state index contributed by atoms with van der Waals surface area (Å²) in [5, 5.41) is 0. The van der Waals surface area contributed by atoms with E-state index in [2.05, 4.69) is 106 Å². The molecule has 2 aliphatic rings. The fourth-order valence-corrected chi connectivity index (χ4v) is 22.0. The SMILES string of the molecule is C[C](C)=[Zr]([Cl])([Cl])([CH]1C=C(OCO[Si](C)(C)C)c2ccccc21)[CH]1c2ccccc2-c2ccccc21. The van der Waals surface area contributed by atoms with Crippen molar-refractivity contribution in [2.75, 3.05) is 6.79 Å². The van der Waals surface area contributed by atoms with Gasteiger partial charge in [-0.1, -0.05) is 0 Å². The molecule has 5 rings (SSSR count). The second-order valence-electron chi connectivity index (χ2n) is 10.9. The van der Waals surface area contributed by atoms with Crippen molar-refractivity contribution in [1.29, 1.82) is 0 Å². The molecule has 0 spiro atoms. The van der Waals surface area contributed by atoms with Crippen molar-refractivity contribution in [2.24, 2.45) is 0 Å². The molecule has 0 heterocycles. The number of fused-ring (bicyclic) bond motifs is 4. The van der Waals surface area contributed by atoms with E-state index in [1.54, 1.807) is 0 Å². The summed E-state index contributed by atoms with van der Waals surface area (Å²) in [5.41, 5.74) is 7.20. The van der Waals surface area contributed by atoms with Crippen LogP contribution in [0.1, 0.15) is 43.4 Å². The summed E-state index contributed by atoms with van der Waals surface area (Å²) in [5.74, 6) is 0.825. The summed E-state index contributed by atoms with van der Waals surface area (Å²) in [6.45, 7) is 11.0. The standard InChI is InChI=1S/C13H17O2Si.C13H9.C3H6.2ClH.Zr/c1-16(2,3)15-10-14-13-9-8-11-6-4-5-7-12(11)13;1-3-7-12-10(5-1)9-11-6-2-4-8-13(11)12;1-3-2;;;/h4-9H,10H2,1-3H3;1-9H;1-2H3;2*1H;/q;;;;;+2/p-2. The van der Waals surface area contributed by atoms with Crippen LogP contribution in [0, 0.1) is 0 Å². The Balaban J connectivity index is 1.71. The van der Waals surface area contributed by atoms with Crippen LogP contribution in [-0.4, -0.2) is 18.3 Å². The van der Waals surface area contributed by atoms with Gasteiger partial charge in [-0.2, -0.15) is 0 Å². The van der Waals surface area contributed by atoms with Gasteiger partial charge in [-0.05, 0) is 0 Å². The van der Waals surface area contributed by atoms with E-state index in [1.807, 2.05) is 6.07 Å². The van der Waals surface area contributed by atoms with Gasteiger partial charge in [0.25, 0.3) is 0 Å². The number of benzene rings is 3. The topological polar surface area (TPSA) is 18.5 Å². The summed E-state index contributed by atoms with van der Waals surface area (Å²) in [4.78, 5) is 0. The van der Waals surface area contributed by atoms with E-state index in [4.69, 9.17) is 26.2 Å². The summed E-state index contributed by atoms with van der Waals surface area (Å²) in [7, 11) is 14.5. The monoisotopic (exact) mass is 600 g/mol. The summed E-state index contributed by atoms with van der Waals surface area (Å²) >= 11 is -4.89. The summed E-state index contributed by atoms with van der Waals surface area (Å²) < 4.78 is 13.3. The molecular weight excluding hydrogens is 571 g/mol. The van der Waals surface area contributed by atoms with Crippen molar-refractivity contribution in [2.45, 2.75) is 40.7 Å². The van der Waals surface area contributed by atoms with Crippen molar-refractivity contribution < 1.29 is 25.1 Å². The van der Waals surface area contributed by atoms with Crippen molar-refractivity contribution >= 4 is 34.3 Å². The van der Waals surface area contributed by atoms with Crippen LogP contribution >= 0.6 is 17.0 Å². The maximum atomic E-state index is 8.11. The molecule has 0 fully saturated rings. The van der Waals surface area contributed by atoms with Crippen molar-refractivity contribution in [3.8, 4) is 11.1 Å². The van der Waals surface area contributed by atoms with Crippen LogP contribution in [0.2, 0.25) is 19.6 Å². The molecule has 6 heteroatoms. The zero-order valence-corrected chi connectivity index (χ0v) is 25.9. The van der Waals surface area contributed by atoms with Crippen LogP contribution in [-0.2, 0) is 25.1 Å². The van der Waals surface area contributed by atoms with Gasteiger partial charge < -0.3 is 0 Å². The molecule has 0 N–H and O–H groups in total. The van der Waals surface area contributed by atoms with E-state index in [9.17, 15) is 0 Å². The minimum absolute atomic E-state index is 0.0379. The second-order valence-corrected chi connectivity index (χ2v) is 37.2. The third kappa shape index (κ3) is 4.10. The predicted molar refractivity (Wildman–Crippen MR) is 149 cm³/mol. The molecule has 2 aliphatic carbocycles. The molecule has 1 unspecified atom stereocenters. The van der Waals surface area contributed by atoms with Crippen molar-refractivity contribution in [1.82, 2.24) is 0 Å². The minimum atomic E-state index is -4.89. The Morgan fingerprint density at radius 2 is 1.26 bits per heavy atom. The van der Waals surface area contributed by atoms with Crippen molar-refractivity contribution in [3.63, 3.8) is 0 Å². The van der Waals surface area contributed by atoms with Gasteiger partial charge in [0, 0.05) is 0 Å². The van der Waals surface area contributed by atoms with Crippen LogP contribution in [0.3, 0.4) is 0 Å². The molecule has 3 aromatic carbocycles. The molecule has 0 amide bonds. The van der Waals surface area contributed by atoms with Gasteiger partial charge in [-0.3, -0.25) is 0 Å². The van der Waals surface area contributed by atoms with Crippen molar-refractivity contribution in [3.05, 3.63) is 101 Å². The molecule has 3 aromatic rings. The van der Waals surface area contributed by atoms with Gasteiger partial charge in [0.1, 0.15) is 0 Å². The molecule has 0 aromatic heterocycles. The Kier molecular flexibility index (Phi) is 6.47. The number of halogens is 2. The molecule has 1 atom stereocenters. The average molecular weight is 603 g/mol. The van der Waals surface area contributed by atoms with Crippen LogP contribution in [0.25, 0.3) is 16.9 Å². The maximum absolute atomic E-state index is 8.11. The third-order valence-electron chi connectivity index (χ3n) is 7.47. The number of hydrogen-bond donors (Lipinski definition) is 0. The van der Waals surface area contributed by atoms with Gasteiger partial charge in [-0.15, -0.1) is 0 Å². The van der Waals surface area contributed by atoms with E-state index in [0.717, 1.165) is 20.1 Å². The number of allylic oxidation sites excluding steroid dienone is 1. The van der Waals surface area contributed by atoms with E-state index in [0.29, 0.717) is 0 Å². The van der Waals surface area contributed by atoms with Gasteiger partial charge in [0.2, 0.25) is 0 Å². The predicted octanol–water partition coefficient (Wildman–Crippen LogP) is 8.89. The van der Waals surface area contributed by atoms with Crippen LogP contribution < -0.4 is 0 Å². The first-order chi connectivity index (χ1) is 16.5. The first-order valence-electron chi connectivity index (χ1n) is 12.2. The fraction of sp³-hybridized carbons (Fsp3) is 0.276. The zero-order chi connectivity index (χ0) is 25.0. The number of ether oxygens (including phenoxy) is 1. The normalized spacial score (nSPS) is 17.5. The molecule has 35 heavy (non-hydrogen) atoms. The van der Waals surface area contributed by atoms with Crippen LogP contribution in [0.5, 0.6) is 0 Å². The number of rotatable bonds is 6. The first-order valence-corrected chi connectivity index (χ1v) is 26.0. The summed E-state index contributed by atoms with van der Waals surface area (Å²) in [6.07, 6.45) is 2.19. The Bertz CT molecular complexity index is 1360. The first kappa shape index (κ1) is 25.4. The second kappa shape index (κ2) is 8.92. The Morgan fingerprint density at radius 3 is 1.77 bits per heavy atom. The number of hydrogen-bond acceptors (Lipinski definition) is 2. The van der Waals surface area contributed by atoms with E-state index < -0.39 is 24.2 Å². The molecule has 0 bridgehead atoms. The van der Waals surface area contributed by atoms with Gasteiger partial charge in [0.05, 0.1) is 0 Å². The van der Waals surface area contributed by atoms with E-state index >= 15 is 0 Å². The quantitative estimate of drug-likeness (QED) is 0.207.